The minimum atomic E-state index is 0.829. The first-order valence-corrected chi connectivity index (χ1v) is 7.08. The van der Waals surface area contributed by atoms with E-state index in [1.54, 1.807) is 22.7 Å². The summed E-state index contributed by atoms with van der Waals surface area (Å²) in [6.45, 7) is 6.14. The van der Waals surface area contributed by atoms with Gasteiger partial charge >= 0.3 is 0 Å². The molecule has 0 unspecified atom stereocenters. The Morgan fingerprint density at radius 2 is 2.25 bits per heavy atom. The van der Waals surface area contributed by atoms with Gasteiger partial charge in [0.05, 0.1) is 4.88 Å². The fraction of sp³-hybridized carbons (Fsp3) is 0.455. The summed E-state index contributed by atoms with van der Waals surface area (Å²) in [5, 5.41) is 16.0. The van der Waals surface area contributed by atoms with Crippen LogP contribution in [0.3, 0.4) is 0 Å². The quantitative estimate of drug-likeness (QED) is 0.832. The second kappa shape index (κ2) is 5.52. The van der Waals surface area contributed by atoms with Crippen LogP contribution in [0, 0.1) is 6.92 Å². The summed E-state index contributed by atoms with van der Waals surface area (Å²) in [5.74, 6) is 0. The smallest absolute Gasteiger partial charge is 0.158 e. The molecule has 2 aromatic heterocycles. The Hall–Kier alpha value is -0.780. The number of thiophene rings is 1. The average molecular weight is 253 g/mol. The predicted octanol–water partition coefficient (Wildman–Crippen LogP) is 3.07. The van der Waals surface area contributed by atoms with Crippen LogP contribution in [0.2, 0.25) is 0 Å². The van der Waals surface area contributed by atoms with Crippen LogP contribution in [-0.2, 0) is 6.54 Å². The molecule has 86 valence electrons. The molecule has 0 fully saturated rings. The zero-order chi connectivity index (χ0) is 11.4. The van der Waals surface area contributed by atoms with Gasteiger partial charge in [-0.1, -0.05) is 18.3 Å². The number of nitrogens with zero attached hydrogens (tertiary/aromatic N) is 2. The molecule has 0 aromatic carbocycles. The van der Waals surface area contributed by atoms with E-state index < -0.39 is 0 Å². The highest BCUT2D eigenvalue weighted by atomic mass is 32.1. The van der Waals surface area contributed by atoms with Crippen LogP contribution in [0.4, 0.5) is 0 Å². The van der Waals surface area contributed by atoms with E-state index in [9.17, 15) is 0 Å². The zero-order valence-electron chi connectivity index (χ0n) is 9.49. The maximum Gasteiger partial charge on any atom is 0.158 e. The van der Waals surface area contributed by atoms with Gasteiger partial charge in [-0.3, -0.25) is 0 Å². The fourth-order valence-corrected chi connectivity index (χ4v) is 3.27. The van der Waals surface area contributed by atoms with Gasteiger partial charge in [-0.25, -0.2) is 0 Å². The molecule has 1 N–H and O–H groups in total. The molecule has 0 aliphatic rings. The maximum absolute atomic E-state index is 4.24. The van der Waals surface area contributed by atoms with Gasteiger partial charge in [0.1, 0.15) is 5.01 Å². The van der Waals surface area contributed by atoms with E-state index in [-0.39, 0.29) is 0 Å². The van der Waals surface area contributed by atoms with E-state index in [1.807, 2.05) is 0 Å². The third kappa shape index (κ3) is 2.66. The van der Waals surface area contributed by atoms with Crippen LogP contribution >= 0.6 is 22.7 Å². The molecule has 0 radical (unpaired) electrons. The normalized spacial score (nSPS) is 10.9. The van der Waals surface area contributed by atoms with Crippen molar-refractivity contribution in [3.63, 3.8) is 0 Å². The van der Waals surface area contributed by atoms with Crippen molar-refractivity contribution in [1.82, 2.24) is 15.5 Å². The highest BCUT2D eigenvalue weighted by molar-refractivity contribution is 7.20. The van der Waals surface area contributed by atoms with Crippen molar-refractivity contribution in [1.29, 1.82) is 0 Å². The molecule has 0 saturated carbocycles. The first-order valence-electron chi connectivity index (χ1n) is 5.39. The highest BCUT2D eigenvalue weighted by Gasteiger charge is 2.09. The Morgan fingerprint density at radius 3 is 2.94 bits per heavy atom. The van der Waals surface area contributed by atoms with Gasteiger partial charge in [-0.05, 0) is 36.9 Å². The molecular formula is C11H15N3S2. The van der Waals surface area contributed by atoms with E-state index in [4.69, 9.17) is 0 Å². The predicted molar refractivity (Wildman–Crippen MR) is 70.0 cm³/mol. The maximum atomic E-state index is 4.24. The van der Waals surface area contributed by atoms with Gasteiger partial charge in [0.15, 0.2) is 5.01 Å². The van der Waals surface area contributed by atoms with Crippen molar-refractivity contribution in [3.8, 4) is 9.88 Å². The number of hydrogen-bond acceptors (Lipinski definition) is 5. The standard InChI is InChI=1S/C11H15N3S2/c1-3-5-12-7-9-13-14-11(16-9)10-8(2)4-6-15-10/h4,6,12H,3,5,7H2,1-2H3. The molecule has 2 rings (SSSR count). The Balaban J connectivity index is 2.05. The van der Waals surface area contributed by atoms with Gasteiger partial charge < -0.3 is 5.32 Å². The molecule has 0 atom stereocenters. The number of rotatable bonds is 5. The molecule has 0 bridgehead atoms. The van der Waals surface area contributed by atoms with Crippen LogP contribution in [0.25, 0.3) is 9.88 Å². The van der Waals surface area contributed by atoms with Crippen molar-refractivity contribution in [2.45, 2.75) is 26.8 Å². The molecule has 2 heterocycles. The molecule has 0 saturated heterocycles. The number of hydrogen-bond donors (Lipinski definition) is 1. The van der Waals surface area contributed by atoms with E-state index in [2.05, 4.69) is 40.8 Å². The largest absolute Gasteiger partial charge is 0.310 e. The van der Waals surface area contributed by atoms with Crippen LogP contribution in [-0.4, -0.2) is 16.7 Å². The molecular weight excluding hydrogens is 238 g/mol. The van der Waals surface area contributed by atoms with E-state index >= 15 is 0 Å². The van der Waals surface area contributed by atoms with Crippen molar-refractivity contribution in [2.75, 3.05) is 6.54 Å². The SMILES string of the molecule is CCCNCc1nnc(-c2sccc2C)s1. The summed E-state index contributed by atoms with van der Waals surface area (Å²) in [6, 6.07) is 2.12. The van der Waals surface area contributed by atoms with Gasteiger partial charge in [0, 0.05) is 6.54 Å². The second-order valence-corrected chi connectivity index (χ2v) is 5.59. The first kappa shape index (κ1) is 11.7. The summed E-state index contributed by atoms with van der Waals surface area (Å²) in [4.78, 5) is 1.25. The summed E-state index contributed by atoms with van der Waals surface area (Å²) in [7, 11) is 0. The molecule has 0 aliphatic carbocycles. The average Bonchev–Trinajstić information content (AvgIpc) is 2.87. The van der Waals surface area contributed by atoms with Crippen LogP contribution in [0.5, 0.6) is 0 Å². The minimum absolute atomic E-state index is 0.829. The molecule has 2 aromatic rings. The summed E-state index contributed by atoms with van der Waals surface area (Å²) >= 11 is 3.41. The van der Waals surface area contributed by atoms with Crippen molar-refractivity contribution < 1.29 is 0 Å². The first-order chi connectivity index (χ1) is 7.81. The zero-order valence-corrected chi connectivity index (χ0v) is 11.1. The van der Waals surface area contributed by atoms with Gasteiger partial charge in [-0.15, -0.1) is 21.5 Å². The van der Waals surface area contributed by atoms with Crippen molar-refractivity contribution in [3.05, 3.63) is 22.0 Å². The van der Waals surface area contributed by atoms with E-state index in [0.717, 1.165) is 29.5 Å². The van der Waals surface area contributed by atoms with Gasteiger partial charge in [0.25, 0.3) is 0 Å². The molecule has 3 nitrogen and oxygen atoms in total. The van der Waals surface area contributed by atoms with E-state index in [1.165, 1.54) is 10.4 Å². The van der Waals surface area contributed by atoms with E-state index in [0.29, 0.717) is 0 Å². The molecule has 5 heteroatoms. The number of aromatic nitrogens is 2. The Kier molecular flexibility index (Phi) is 4.04. The number of aryl methyl sites for hydroxylation is 1. The molecule has 0 aliphatic heterocycles. The Morgan fingerprint density at radius 1 is 1.38 bits per heavy atom. The molecule has 0 spiro atoms. The lowest BCUT2D eigenvalue weighted by atomic mass is 10.3. The third-order valence-corrected chi connectivity index (χ3v) is 4.32. The Bertz CT molecular complexity index is 448. The van der Waals surface area contributed by atoms with Crippen LogP contribution in [0.1, 0.15) is 23.9 Å². The lowest BCUT2D eigenvalue weighted by Crippen LogP contribution is -2.13. The summed E-state index contributed by atoms with van der Waals surface area (Å²) in [5.41, 5.74) is 1.29. The lowest BCUT2D eigenvalue weighted by molar-refractivity contribution is 0.668. The number of nitrogens with one attached hydrogen (secondary N) is 1. The third-order valence-electron chi connectivity index (χ3n) is 2.23. The molecule has 16 heavy (non-hydrogen) atoms. The van der Waals surface area contributed by atoms with Crippen molar-refractivity contribution in [2.24, 2.45) is 0 Å². The van der Waals surface area contributed by atoms with Gasteiger partial charge in [0.2, 0.25) is 0 Å². The van der Waals surface area contributed by atoms with Crippen molar-refractivity contribution >= 4 is 22.7 Å². The highest BCUT2D eigenvalue weighted by Crippen LogP contribution is 2.31. The topological polar surface area (TPSA) is 37.8 Å². The fourth-order valence-electron chi connectivity index (χ4n) is 1.38. The monoisotopic (exact) mass is 253 g/mol. The second-order valence-electron chi connectivity index (χ2n) is 3.61. The molecule has 0 amide bonds. The van der Waals surface area contributed by atoms with Crippen LogP contribution < -0.4 is 5.32 Å². The Labute approximate surface area is 104 Å². The lowest BCUT2D eigenvalue weighted by Gasteiger charge is -1.96. The minimum Gasteiger partial charge on any atom is -0.310 e. The van der Waals surface area contributed by atoms with Gasteiger partial charge in [-0.2, -0.15) is 0 Å². The van der Waals surface area contributed by atoms with Crippen LogP contribution in [0.15, 0.2) is 11.4 Å². The summed E-state index contributed by atoms with van der Waals surface area (Å²) in [6.07, 6.45) is 1.15. The summed E-state index contributed by atoms with van der Waals surface area (Å²) < 4.78 is 0.